The molecule has 0 spiro atoms. The largest absolute Gasteiger partial charge is 0.416 e. The summed E-state index contributed by atoms with van der Waals surface area (Å²) in [6, 6.07) is 5.05. The third-order valence-electron chi connectivity index (χ3n) is 2.75. The maximum Gasteiger partial charge on any atom is 0.416 e. The van der Waals surface area contributed by atoms with Gasteiger partial charge in [0.25, 0.3) is 0 Å². The monoisotopic (exact) mass is 255 g/mol. The standard InChI is InChI=1S/C12H12F3N3/c1-8-9(6-16)7-17-18(8)11-4-2-3-10(5-11)12(13,14)15/h2-5,7H,6,16H2,1H3. The number of halogens is 3. The van der Waals surface area contributed by atoms with Gasteiger partial charge < -0.3 is 5.73 Å². The minimum atomic E-state index is -4.35. The van der Waals surface area contributed by atoms with Crippen LogP contribution in [0.3, 0.4) is 0 Å². The molecule has 2 N–H and O–H groups in total. The number of rotatable bonds is 2. The average molecular weight is 255 g/mol. The van der Waals surface area contributed by atoms with E-state index in [1.807, 2.05) is 0 Å². The van der Waals surface area contributed by atoms with Crippen LogP contribution >= 0.6 is 0 Å². The van der Waals surface area contributed by atoms with Crippen molar-refractivity contribution in [1.29, 1.82) is 0 Å². The predicted molar refractivity (Wildman–Crippen MR) is 61.2 cm³/mol. The minimum absolute atomic E-state index is 0.310. The van der Waals surface area contributed by atoms with E-state index >= 15 is 0 Å². The van der Waals surface area contributed by atoms with Gasteiger partial charge in [-0.3, -0.25) is 0 Å². The molecular weight excluding hydrogens is 243 g/mol. The van der Waals surface area contributed by atoms with E-state index in [1.165, 1.54) is 10.7 Å². The molecule has 0 amide bonds. The zero-order chi connectivity index (χ0) is 13.3. The van der Waals surface area contributed by atoms with Crippen molar-refractivity contribution < 1.29 is 13.2 Å². The van der Waals surface area contributed by atoms with Crippen molar-refractivity contribution >= 4 is 0 Å². The van der Waals surface area contributed by atoms with Crippen LogP contribution in [-0.2, 0) is 12.7 Å². The first-order chi connectivity index (χ1) is 8.43. The van der Waals surface area contributed by atoms with E-state index in [-0.39, 0.29) is 0 Å². The maximum absolute atomic E-state index is 12.6. The van der Waals surface area contributed by atoms with Gasteiger partial charge in [-0.05, 0) is 25.1 Å². The molecule has 0 bridgehead atoms. The molecule has 0 radical (unpaired) electrons. The summed E-state index contributed by atoms with van der Waals surface area (Å²) in [5.74, 6) is 0. The van der Waals surface area contributed by atoms with Crippen LogP contribution in [0, 0.1) is 6.92 Å². The third kappa shape index (κ3) is 2.24. The highest BCUT2D eigenvalue weighted by atomic mass is 19.4. The molecule has 0 unspecified atom stereocenters. The summed E-state index contributed by atoms with van der Waals surface area (Å²) in [5.41, 5.74) is 6.75. The number of hydrogen-bond acceptors (Lipinski definition) is 2. The van der Waals surface area contributed by atoms with Crippen molar-refractivity contribution in [2.75, 3.05) is 0 Å². The van der Waals surface area contributed by atoms with Crippen molar-refractivity contribution in [3.63, 3.8) is 0 Å². The van der Waals surface area contributed by atoms with Crippen LogP contribution in [0.15, 0.2) is 30.5 Å². The Bertz CT molecular complexity index is 558. The maximum atomic E-state index is 12.6. The number of hydrogen-bond donors (Lipinski definition) is 1. The molecule has 2 aromatic rings. The van der Waals surface area contributed by atoms with Gasteiger partial charge in [0.05, 0.1) is 17.4 Å². The SMILES string of the molecule is Cc1c(CN)cnn1-c1cccc(C(F)(F)F)c1. The van der Waals surface area contributed by atoms with Gasteiger partial charge in [-0.1, -0.05) is 6.07 Å². The number of aromatic nitrogens is 2. The van der Waals surface area contributed by atoms with Gasteiger partial charge >= 0.3 is 6.18 Å². The smallest absolute Gasteiger partial charge is 0.326 e. The van der Waals surface area contributed by atoms with E-state index in [0.29, 0.717) is 12.2 Å². The van der Waals surface area contributed by atoms with Crippen LogP contribution in [0.2, 0.25) is 0 Å². The van der Waals surface area contributed by atoms with E-state index < -0.39 is 11.7 Å². The number of nitrogens with two attached hydrogens (primary N) is 1. The van der Waals surface area contributed by atoms with Crippen LogP contribution in [0.1, 0.15) is 16.8 Å². The van der Waals surface area contributed by atoms with E-state index in [0.717, 1.165) is 23.4 Å². The molecule has 0 saturated heterocycles. The number of alkyl halides is 3. The molecule has 0 aliphatic rings. The van der Waals surface area contributed by atoms with Crippen molar-refractivity contribution in [3.05, 3.63) is 47.3 Å². The summed E-state index contributed by atoms with van der Waals surface area (Å²) in [7, 11) is 0. The highest BCUT2D eigenvalue weighted by Gasteiger charge is 2.30. The fourth-order valence-corrected chi connectivity index (χ4v) is 1.72. The van der Waals surface area contributed by atoms with Crippen molar-refractivity contribution in [2.45, 2.75) is 19.6 Å². The van der Waals surface area contributed by atoms with Crippen LogP contribution in [0.25, 0.3) is 5.69 Å². The first-order valence-electron chi connectivity index (χ1n) is 5.34. The molecule has 0 fully saturated rings. The van der Waals surface area contributed by atoms with E-state index in [2.05, 4.69) is 5.10 Å². The summed E-state index contributed by atoms with van der Waals surface area (Å²) < 4.78 is 39.3. The van der Waals surface area contributed by atoms with Crippen molar-refractivity contribution in [1.82, 2.24) is 9.78 Å². The van der Waals surface area contributed by atoms with Gasteiger partial charge in [-0.15, -0.1) is 0 Å². The fraction of sp³-hybridized carbons (Fsp3) is 0.250. The minimum Gasteiger partial charge on any atom is -0.326 e. The molecular formula is C12H12F3N3. The summed E-state index contributed by atoms with van der Waals surface area (Å²) in [6.07, 6.45) is -2.79. The van der Waals surface area contributed by atoms with Crippen molar-refractivity contribution in [2.24, 2.45) is 5.73 Å². The van der Waals surface area contributed by atoms with Gasteiger partial charge in [0.15, 0.2) is 0 Å². The predicted octanol–water partition coefficient (Wildman–Crippen LogP) is 2.66. The lowest BCUT2D eigenvalue weighted by atomic mass is 10.2. The molecule has 2 rings (SSSR count). The Hall–Kier alpha value is -1.82. The molecule has 3 nitrogen and oxygen atoms in total. The average Bonchev–Trinajstić information content (AvgIpc) is 2.69. The molecule has 1 aromatic carbocycles. The quantitative estimate of drug-likeness (QED) is 0.896. The Morgan fingerprint density at radius 2 is 2.06 bits per heavy atom. The fourth-order valence-electron chi connectivity index (χ4n) is 1.72. The van der Waals surface area contributed by atoms with Crippen LogP contribution < -0.4 is 5.73 Å². The van der Waals surface area contributed by atoms with Crippen LogP contribution in [-0.4, -0.2) is 9.78 Å². The first kappa shape index (κ1) is 12.6. The Morgan fingerprint density at radius 3 is 2.61 bits per heavy atom. The Labute approximate surface area is 102 Å². The highest BCUT2D eigenvalue weighted by Crippen LogP contribution is 2.30. The Kier molecular flexibility index (Phi) is 3.13. The van der Waals surface area contributed by atoms with E-state index in [4.69, 9.17) is 5.73 Å². The molecule has 6 heteroatoms. The Morgan fingerprint density at radius 1 is 1.33 bits per heavy atom. The number of nitrogens with zero attached hydrogens (tertiary/aromatic N) is 2. The lowest BCUT2D eigenvalue weighted by molar-refractivity contribution is -0.137. The van der Waals surface area contributed by atoms with Crippen LogP contribution in [0.4, 0.5) is 13.2 Å². The first-order valence-corrected chi connectivity index (χ1v) is 5.34. The van der Waals surface area contributed by atoms with Gasteiger partial charge in [0.2, 0.25) is 0 Å². The molecule has 0 atom stereocenters. The summed E-state index contributed by atoms with van der Waals surface area (Å²) in [6.45, 7) is 2.08. The lowest BCUT2D eigenvalue weighted by Crippen LogP contribution is -2.07. The summed E-state index contributed by atoms with van der Waals surface area (Å²) in [4.78, 5) is 0. The topological polar surface area (TPSA) is 43.8 Å². The van der Waals surface area contributed by atoms with Gasteiger partial charge in [0.1, 0.15) is 0 Å². The summed E-state index contributed by atoms with van der Waals surface area (Å²) >= 11 is 0. The number of benzene rings is 1. The Balaban J connectivity index is 2.48. The molecule has 1 aromatic heterocycles. The highest BCUT2D eigenvalue weighted by molar-refractivity contribution is 5.38. The zero-order valence-corrected chi connectivity index (χ0v) is 9.70. The molecule has 0 saturated carbocycles. The molecule has 0 aliphatic heterocycles. The molecule has 18 heavy (non-hydrogen) atoms. The van der Waals surface area contributed by atoms with Gasteiger partial charge in [-0.25, -0.2) is 4.68 Å². The second-order valence-corrected chi connectivity index (χ2v) is 3.92. The molecule has 0 aliphatic carbocycles. The van der Waals surface area contributed by atoms with E-state index in [9.17, 15) is 13.2 Å². The molecule has 1 heterocycles. The normalized spacial score (nSPS) is 11.8. The lowest BCUT2D eigenvalue weighted by Gasteiger charge is -2.10. The van der Waals surface area contributed by atoms with Gasteiger partial charge in [-0.2, -0.15) is 18.3 Å². The second-order valence-electron chi connectivity index (χ2n) is 3.92. The van der Waals surface area contributed by atoms with E-state index in [1.54, 1.807) is 19.2 Å². The second kappa shape index (κ2) is 4.45. The van der Waals surface area contributed by atoms with Gasteiger partial charge in [0, 0.05) is 17.8 Å². The zero-order valence-electron chi connectivity index (χ0n) is 9.70. The molecule has 96 valence electrons. The summed E-state index contributed by atoms with van der Waals surface area (Å²) in [5, 5.41) is 4.05. The third-order valence-corrected chi connectivity index (χ3v) is 2.75. The van der Waals surface area contributed by atoms with Crippen molar-refractivity contribution in [3.8, 4) is 5.69 Å². The van der Waals surface area contributed by atoms with Crippen LogP contribution in [0.5, 0.6) is 0 Å².